The molecule has 0 amide bonds. The summed E-state index contributed by atoms with van der Waals surface area (Å²) in [6.45, 7) is 0.592. The van der Waals surface area contributed by atoms with Gasteiger partial charge in [-0.15, -0.1) is 0 Å². The lowest BCUT2D eigenvalue weighted by molar-refractivity contribution is 0.577. The zero-order valence-electron chi connectivity index (χ0n) is 7.43. The minimum absolute atomic E-state index is 0.0415. The molecule has 0 unspecified atom stereocenters. The standard InChI is InChI=1S/C10H10F2N2/c11-8-1-6(2-9(12)4-8)7-3-10(13)14-5-7/h1-4,7,14H,5,13H2/t7-/m1/s1. The van der Waals surface area contributed by atoms with Crippen molar-refractivity contribution in [1.82, 2.24) is 5.32 Å². The van der Waals surface area contributed by atoms with Crippen LogP contribution in [0.15, 0.2) is 30.1 Å². The van der Waals surface area contributed by atoms with Crippen LogP contribution in [0.1, 0.15) is 11.5 Å². The van der Waals surface area contributed by atoms with Crippen LogP contribution in [-0.4, -0.2) is 6.54 Å². The first-order valence-electron chi connectivity index (χ1n) is 4.32. The Morgan fingerprint density at radius 1 is 1.21 bits per heavy atom. The summed E-state index contributed by atoms with van der Waals surface area (Å²) >= 11 is 0. The molecule has 0 bridgehead atoms. The maximum Gasteiger partial charge on any atom is 0.126 e. The summed E-state index contributed by atoms with van der Waals surface area (Å²) in [6, 6.07) is 3.51. The molecule has 0 radical (unpaired) electrons. The molecule has 4 heteroatoms. The number of nitrogens with two attached hydrogens (primary N) is 1. The summed E-state index contributed by atoms with van der Waals surface area (Å²) in [5.74, 6) is -0.599. The van der Waals surface area contributed by atoms with Gasteiger partial charge in [-0.3, -0.25) is 0 Å². The summed E-state index contributed by atoms with van der Waals surface area (Å²) in [7, 11) is 0. The molecule has 1 aliphatic rings. The molecule has 0 aliphatic carbocycles. The summed E-state index contributed by atoms with van der Waals surface area (Å²) in [5.41, 5.74) is 6.11. The molecule has 0 fully saturated rings. The highest BCUT2D eigenvalue weighted by Crippen LogP contribution is 2.22. The molecule has 1 aliphatic heterocycles. The molecule has 0 saturated carbocycles. The Labute approximate surface area is 80.4 Å². The smallest absolute Gasteiger partial charge is 0.126 e. The van der Waals surface area contributed by atoms with Crippen molar-refractivity contribution in [2.75, 3.05) is 6.54 Å². The fraction of sp³-hybridized carbons (Fsp3) is 0.200. The van der Waals surface area contributed by atoms with Crippen molar-refractivity contribution in [2.24, 2.45) is 5.73 Å². The fourth-order valence-corrected chi connectivity index (χ4v) is 1.57. The molecular weight excluding hydrogens is 186 g/mol. The van der Waals surface area contributed by atoms with Gasteiger partial charge >= 0.3 is 0 Å². The van der Waals surface area contributed by atoms with Gasteiger partial charge in [0.2, 0.25) is 0 Å². The SMILES string of the molecule is NC1=C[C@@H](c2cc(F)cc(F)c2)CN1. The van der Waals surface area contributed by atoms with E-state index in [9.17, 15) is 8.78 Å². The zero-order chi connectivity index (χ0) is 10.1. The van der Waals surface area contributed by atoms with Crippen LogP contribution < -0.4 is 11.1 Å². The number of hydrogen-bond acceptors (Lipinski definition) is 2. The first-order chi connectivity index (χ1) is 6.65. The molecule has 1 aromatic carbocycles. The van der Waals surface area contributed by atoms with Crippen molar-refractivity contribution in [3.8, 4) is 0 Å². The molecule has 0 saturated heterocycles. The second-order valence-electron chi connectivity index (χ2n) is 3.31. The summed E-state index contributed by atoms with van der Waals surface area (Å²) in [5, 5.41) is 2.90. The lowest BCUT2D eigenvalue weighted by atomic mass is 10.0. The van der Waals surface area contributed by atoms with Gasteiger partial charge in [0.1, 0.15) is 11.6 Å². The van der Waals surface area contributed by atoms with Crippen LogP contribution in [0, 0.1) is 11.6 Å². The van der Waals surface area contributed by atoms with Gasteiger partial charge in [-0.25, -0.2) is 8.78 Å². The Bertz CT molecular complexity index is 367. The van der Waals surface area contributed by atoms with E-state index in [0.29, 0.717) is 17.9 Å². The number of nitrogens with one attached hydrogen (secondary N) is 1. The molecule has 0 aromatic heterocycles. The fourth-order valence-electron chi connectivity index (χ4n) is 1.57. The third-order valence-corrected chi connectivity index (χ3v) is 2.22. The highest BCUT2D eigenvalue weighted by atomic mass is 19.1. The van der Waals surface area contributed by atoms with Crippen LogP contribution in [0.25, 0.3) is 0 Å². The predicted octanol–water partition coefficient (Wildman–Crippen LogP) is 1.45. The van der Waals surface area contributed by atoms with E-state index in [1.165, 1.54) is 12.1 Å². The molecule has 1 heterocycles. The predicted molar refractivity (Wildman–Crippen MR) is 49.4 cm³/mol. The molecule has 0 spiro atoms. The average Bonchev–Trinajstić information content (AvgIpc) is 2.50. The van der Waals surface area contributed by atoms with Crippen LogP contribution >= 0.6 is 0 Å². The van der Waals surface area contributed by atoms with Crippen LogP contribution in [-0.2, 0) is 0 Å². The molecule has 2 rings (SSSR count). The Balaban J connectivity index is 2.32. The van der Waals surface area contributed by atoms with Crippen LogP contribution in [0.3, 0.4) is 0 Å². The van der Waals surface area contributed by atoms with Crippen molar-refractivity contribution >= 4 is 0 Å². The lowest BCUT2D eigenvalue weighted by Gasteiger charge is -2.07. The first-order valence-corrected chi connectivity index (χ1v) is 4.32. The van der Waals surface area contributed by atoms with E-state index in [-0.39, 0.29) is 5.92 Å². The highest BCUT2D eigenvalue weighted by Gasteiger charge is 2.16. The van der Waals surface area contributed by atoms with E-state index < -0.39 is 11.6 Å². The highest BCUT2D eigenvalue weighted by molar-refractivity contribution is 5.29. The van der Waals surface area contributed by atoms with Gasteiger partial charge in [0, 0.05) is 18.5 Å². The molecule has 3 N–H and O–H groups in total. The van der Waals surface area contributed by atoms with Gasteiger partial charge in [-0.05, 0) is 23.8 Å². The minimum atomic E-state index is -0.557. The van der Waals surface area contributed by atoms with E-state index in [1.807, 2.05) is 0 Å². The van der Waals surface area contributed by atoms with E-state index >= 15 is 0 Å². The molecule has 14 heavy (non-hydrogen) atoms. The van der Waals surface area contributed by atoms with E-state index in [1.54, 1.807) is 6.08 Å². The van der Waals surface area contributed by atoms with Crippen molar-refractivity contribution < 1.29 is 8.78 Å². The van der Waals surface area contributed by atoms with Gasteiger partial charge in [0.15, 0.2) is 0 Å². The van der Waals surface area contributed by atoms with Crippen molar-refractivity contribution in [1.29, 1.82) is 0 Å². The number of halogens is 2. The van der Waals surface area contributed by atoms with Crippen molar-refractivity contribution in [3.63, 3.8) is 0 Å². The molecule has 74 valence electrons. The maximum absolute atomic E-state index is 12.9. The topological polar surface area (TPSA) is 38.0 Å². The van der Waals surface area contributed by atoms with Gasteiger partial charge in [-0.1, -0.05) is 0 Å². The van der Waals surface area contributed by atoms with Crippen LogP contribution in [0.2, 0.25) is 0 Å². The second kappa shape index (κ2) is 3.29. The Morgan fingerprint density at radius 2 is 1.86 bits per heavy atom. The van der Waals surface area contributed by atoms with E-state index in [2.05, 4.69) is 5.32 Å². The first kappa shape index (κ1) is 8.99. The van der Waals surface area contributed by atoms with Gasteiger partial charge in [0.25, 0.3) is 0 Å². The third kappa shape index (κ3) is 1.69. The molecular formula is C10H10F2N2. The molecule has 1 aromatic rings. The van der Waals surface area contributed by atoms with E-state index in [0.717, 1.165) is 6.07 Å². The maximum atomic E-state index is 12.9. The number of hydrogen-bond donors (Lipinski definition) is 2. The second-order valence-corrected chi connectivity index (χ2v) is 3.31. The normalized spacial score (nSPS) is 20.4. The minimum Gasteiger partial charge on any atom is -0.386 e. The van der Waals surface area contributed by atoms with Gasteiger partial charge in [0.05, 0.1) is 5.82 Å². The third-order valence-electron chi connectivity index (χ3n) is 2.22. The Kier molecular flexibility index (Phi) is 2.11. The van der Waals surface area contributed by atoms with Crippen molar-refractivity contribution in [2.45, 2.75) is 5.92 Å². The van der Waals surface area contributed by atoms with E-state index in [4.69, 9.17) is 5.73 Å². The summed E-state index contributed by atoms with van der Waals surface area (Å²) in [4.78, 5) is 0. The molecule has 1 atom stereocenters. The van der Waals surface area contributed by atoms with Crippen molar-refractivity contribution in [3.05, 3.63) is 47.3 Å². The Morgan fingerprint density at radius 3 is 2.36 bits per heavy atom. The largest absolute Gasteiger partial charge is 0.386 e. The van der Waals surface area contributed by atoms with Crippen LogP contribution in [0.4, 0.5) is 8.78 Å². The zero-order valence-corrected chi connectivity index (χ0v) is 7.43. The van der Waals surface area contributed by atoms with Gasteiger partial charge in [-0.2, -0.15) is 0 Å². The Hall–Kier alpha value is -1.58. The number of rotatable bonds is 1. The number of benzene rings is 1. The molecule has 2 nitrogen and oxygen atoms in total. The monoisotopic (exact) mass is 196 g/mol. The lowest BCUT2D eigenvalue weighted by Crippen LogP contribution is -2.16. The quantitative estimate of drug-likeness (QED) is 0.713. The summed E-state index contributed by atoms with van der Waals surface area (Å²) in [6.07, 6.45) is 1.76. The summed E-state index contributed by atoms with van der Waals surface area (Å²) < 4.78 is 25.7. The van der Waals surface area contributed by atoms with Gasteiger partial charge < -0.3 is 11.1 Å². The average molecular weight is 196 g/mol. The van der Waals surface area contributed by atoms with Crippen LogP contribution in [0.5, 0.6) is 0 Å².